The smallest absolute Gasteiger partial charge is 0.317 e. The van der Waals surface area contributed by atoms with E-state index in [1.54, 1.807) is 17.0 Å². The predicted molar refractivity (Wildman–Crippen MR) is 62.3 cm³/mol. The fourth-order valence-corrected chi connectivity index (χ4v) is 1.03. The van der Waals surface area contributed by atoms with Gasteiger partial charge in [-0.25, -0.2) is 9.80 Å². The molecule has 0 spiro atoms. The number of hydrazine groups is 1. The fourth-order valence-electron chi connectivity index (χ4n) is 1.03. The lowest BCUT2D eigenvalue weighted by atomic mass is 10.1. The molecule has 0 saturated carbocycles. The molecule has 5 heteroatoms. The van der Waals surface area contributed by atoms with Crippen molar-refractivity contribution in [2.45, 2.75) is 20.3 Å². The molecule has 0 unspecified atom stereocenters. The molecule has 2 amide bonds. The van der Waals surface area contributed by atoms with Gasteiger partial charge in [-0.3, -0.25) is 5.84 Å². The second-order valence-electron chi connectivity index (χ2n) is 4.32. The van der Waals surface area contributed by atoms with E-state index in [4.69, 9.17) is 5.84 Å². The summed E-state index contributed by atoms with van der Waals surface area (Å²) in [5.74, 6) is 6.04. The van der Waals surface area contributed by atoms with Gasteiger partial charge < -0.3 is 10.2 Å². The van der Waals surface area contributed by atoms with Crippen molar-refractivity contribution in [2.24, 2.45) is 11.8 Å². The lowest BCUT2D eigenvalue weighted by Gasteiger charge is -2.19. The summed E-state index contributed by atoms with van der Waals surface area (Å²) in [5, 5.41) is 4.35. The quantitative estimate of drug-likeness (QED) is 0.501. The van der Waals surface area contributed by atoms with E-state index < -0.39 is 0 Å². The maximum atomic E-state index is 11.5. The number of nitrogens with two attached hydrogens (primary N) is 1. The Kier molecular flexibility index (Phi) is 7.07. The number of amides is 2. The molecule has 0 aromatic heterocycles. The molecular weight excluding hydrogens is 192 g/mol. The number of urea groups is 1. The molecular formula is C10H24N4O. The van der Waals surface area contributed by atoms with Crippen molar-refractivity contribution in [3.8, 4) is 0 Å². The summed E-state index contributed by atoms with van der Waals surface area (Å²) in [6.45, 7) is 6.33. The number of nitrogens with one attached hydrogen (secondary N) is 1. The van der Waals surface area contributed by atoms with Crippen LogP contribution in [0.2, 0.25) is 0 Å². The van der Waals surface area contributed by atoms with Crippen LogP contribution in [0.5, 0.6) is 0 Å². The Morgan fingerprint density at radius 2 is 1.93 bits per heavy atom. The Morgan fingerprint density at radius 1 is 1.33 bits per heavy atom. The zero-order valence-corrected chi connectivity index (χ0v) is 10.3. The minimum atomic E-state index is -0.0301. The average Bonchev–Trinajstić information content (AvgIpc) is 2.13. The largest absolute Gasteiger partial charge is 0.337 e. The number of likely N-dealkylation sites (N-methyl/N-ethyl adjacent to an activating group) is 1. The van der Waals surface area contributed by atoms with Gasteiger partial charge in [0.05, 0.1) is 0 Å². The number of hydrogen-bond donors (Lipinski definition) is 2. The fraction of sp³-hybridized carbons (Fsp3) is 0.900. The van der Waals surface area contributed by atoms with Crippen molar-refractivity contribution < 1.29 is 4.79 Å². The normalized spacial score (nSPS) is 10.9. The lowest BCUT2D eigenvalue weighted by Crippen LogP contribution is -2.42. The Labute approximate surface area is 92.6 Å². The summed E-state index contributed by atoms with van der Waals surface area (Å²) in [4.78, 5) is 13.2. The summed E-state index contributed by atoms with van der Waals surface area (Å²) in [6.07, 6.45) is 1.03. The third kappa shape index (κ3) is 8.20. The Bertz CT molecular complexity index is 182. The van der Waals surface area contributed by atoms with Crippen LogP contribution in [-0.2, 0) is 0 Å². The number of hydrogen-bond acceptors (Lipinski definition) is 3. The van der Waals surface area contributed by atoms with Crippen LogP contribution in [0.15, 0.2) is 0 Å². The second-order valence-corrected chi connectivity index (χ2v) is 4.32. The highest BCUT2D eigenvalue weighted by atomic mass is 16.2. The van der Waals surface area contributed by atoms with Crippen molar-refractivity contribution in [2.75, 3.05) is 33.7 Å². The molecule has 0 rings (SSSR count). The number of carbonyl (C=O) groups excluding carboxylic acids is 1. The summed E-state index contributed by atoms with van der Waals surface area (Å²) < 4.78 is 0. The van der Waals surface area contributed by atoms with Crippen molar-refractivity contribution in [3.05, 3.63) is 0 Å². The van der Waals surface area contributed by atoms with Gasteiger partial charge in [-0.1, -0.05) is 13.8 Å². The first-order chi connectivity index (χ1) is 6.93. The third-order valence-corrected chi connectivity index (χ3v) is 2.13. The highest BCUT2D eigenvalue weighted by Gasteiger charge is 2.07. The summed E-state index contributed by atoms with van der Waals surface area (Å²) in [5.41, 5.74) is 0. The van der Waals surface area contributed by atoms with Crippen LogP contribution in [0, 0.1) is 5.92 Å². The number of carbonyl (C=O) groups is 1. The Balaban J connectivity index is 3.60. The van der Waals surface area contributed by atoms with Gasteiger partial charge in [0, 0.05) is 33.7 Å². The van der Waals surface area contributed by atoms with Crippen LogP contribution in [0.25, 0.3) is 0 Å². The zero-order valence-electron chi connectivity index (χ0n) is 10.3. The molecule has 0 aliphatic rings. The number of nitrogens with zero attached hydrogens (tertiary/aromatic N) is 2. The van der Waals surface area contributed by atoms with Crippen molar-refractivity contribution in [1.29, 1.82) is 0 Å². The van der Waals surface area contributed by atoms with Crippen LogP contribution in [-0.4, -0.2) is 49.7 Å². The molecule has 0 radical (unpaired) electrons. The van der Waals surface area contributed by atoms with E-state index in [2.05, 4.69) is 19.2 Å². The molecule has 90 valence electrons. The van der Waals surface area contributed by atoms with Crippen LogP contribution >= 0.6 is 0 Å². The van der Waals surface area contributed by atoms with E-state index in [1.807, 2.05) is 7.05 Å². The van der Waals surface area contributed by atoms with Gasteiger partial charge in [0.1, 0.15) is 0 Å². The van der Waals surface area contributed by atoms with Gasteiger partial charge in [0.25, 0.3) is 0 Å². The maximum absolute atomic E-state index is 11.5. The van der Waals surface area contributed by atoms with Gasteiger partial charge in [0.15, 0.2) is 0 Å². The molecule has 0 aromatic carbocycles. The average molecular weight is 216 g/mol. The Morgan fingerprint density at radius 3 is 2.40 bits per heavy atom. The summed E-state index contributed by atoms with van der Waals surface area (Å²) in [6, 6.07) is -0.0301. The highest BCUT2D eigenvalue weighted by Crippen LogP contribution is 2.00. The standard InChI is InChI=1S/C10H24N4O/c1-9(2)5-7-13(3)10(15)12-6-8-14(4)11/h9H,5-8,11H2,1-4H3,(H,12,15). The van der Waals surface area contributed by atoms with Gasteiger partial charge >= 0.3 is 6.03 Å². The number of rotatable bonds is 6. The maximum Gasteiger partial charge on any atom is 0.317 e. The van der Waals surface area contributed by atoms with Crippen molar-refractivity contribution in [1.82, 2.24) is 15.2 Å². The van der Waals surface area contributed by atoms with Crippen LogP contribution in [0.4, 0.5) is 4.79 Å². The molecule has 0 atom stereocenters. The van der Waals surface area contributed by atoms with E-state index in [0.717, 1.165) is 13.0 Å². The van der Waals surface area contributed by atoms with E-state index in [1.165, 1.54) is 0 Å². The molecule has 0 aliphatic heterocycles. The van der Waals surface area contributed by atoms with E-state index in [-0.39, 0.29) is 6.03 Å². The van der Waals surface area contributed by atoms with E-state index in [0.29, 0.717) is 19.0 Å². The molecule has 0 bridgehead atoms. The lowest BCUT2D eigenvalue weighted by molar-refractivity contribution is 0.204. The van der Waals surface area contributed by atoms with Gasteiger partial charge in [-0.2, -0.15) is 0 Å². The predicted octanol–water partition coefficient (Wildman–Crippen LogP) is 0.479. The van der Waals surface area contributed by atoms with Crippen LogP contribution in [0.3, 0.4) is 0 Å². The second kappa shape index (κ2) is 7.48. The third-order valence-electron chi connectivity index (χ3n) is 2.13. The van der Waals surface area contributed by atoms with Crippen LogP contribution in [0.1, 0.15) is 20.3 Å². The molecule has 0 saturated heterocycles. The minimum absolute atomic E-state index is 0.0301. The van der Waals surface area contributed by atoms with Gasteiger partial charge in [-0.05, 0) is 12.3 Å². The molecule has 15 heavy (non-hydrogen) atoms. The van der Waals surface area contributed by atoms with E-state index >= 15 is 0 Å². The molecule has 3 N–H and O–H groups in total. The first-order valence-corrected chi connectivity index (χ1v) is 5.38. The molecule has 0 aliphatic carbocycles. The first-order valence-electron chi connectivity index (χ1n) is 5.38. The molecule has 0 aromatic rings. The summed E-state index contributed by atoms with van der Waals surface area (Å²) in [7, 11) is 3.58. The Hall–Kier alpha value is -0.810. The zero-order chi connectivity index (χ0) is 11.8. The topological polar surface area (TPSA) is 61.6 Å². The van der Waals surface area contributed by atoms with Crippen molar-refractivity contribution >= 4 is 6.03 Å². The molecule has 5 nitrogen and oxygen atoms in total. The molecule has 0 heterocycles. The first kappa shape index (κ1) is 14.2. The highest BCUT2D eigenvalue weighted by molar-refractivity contribution is 5.73. The van der Waals surface area contributed by atoms with Gasteiger partial charge in [-0.15, -0.1) is 0 Å². The summed E-state index contributed by atoms with van der Waals surface area (Å²) >= 11 is 0. The van der Waals surface area contributed by atoms with Crippen LogP contribution < -0.4 is 11.2 Å². The SMILES string of the molecule is CC(C)CCN(C)C(=O)NCCN(C)N. The van der Waals surface area contributed by atoms with Gasteiger partial charge in [0.2, 0.25) is 0 Å². The monoisotopic (exact) mass is 216 g/mol. The minimum Gasteiger partial charge on any atom is -0.337 e. The molecule has 0 fully saturated rings. The van der Waals surface area contributed by atoms with Crippen molar-refractivity contribution in [3.63, 3.8) is 0 Å². The van der Waals surface area contributed by atoms with E-state index in [9.17, 15) is 4.79 Å².